The van der Waals surface area contributed by atoms with Gasteiger partial charge in [0.05, 0.1) is 30.7 Å². The van der Waals surface area contributed by atoms with E-state index in [2.05, 4.69) is 16.0 Å². The highest BCUT2D eigenvalue weighted by molar-refractivity contribution is 5.95. The van der Waals surface area contributed by atoms with E-state index in [0.717, 1.165) is 4.90 Å². The highest BCUT2D eigenvalue weighted by atomic mass is 16.5. The average Bonchev–Trinajstić information content (AvgIpc) is 3.14. The largest absolute Gasteiger partial charge is 0.467 e. The maximum Gasteiger partial charge on any atom is 0.338 e. The van der Waals surface area contributed by atoms with Crippen molar-refractivity contribution in [3.05, 3.63) is 35.4 Å². The minimum absolute atomic E-state index is 0.0434. The number of hydrogen-bond donors (Lipinski definition) is 4. The van der Waals surface area contributed by atoms with Gasteiger partial charge >= 0.3 is 12.0 Å². The number of hydrogen-bond acceptors (Lipinski definition) is 5. The molecule has 1 aromatic heterocycles. The zero-order valence-electron chi connectivity index (χ0n) is 16.8. The fourth-order valence-corrected chi connectivity index (χ4v) is 3.04. The van der Waals surface area contributed by atoms with E-state index in [9.17, 15) is 14.4 Å². The van der Waals surface area contributed by atoms with Crippen molar-refractivity contribution < 1.29 is 28.4 Å². The number of carbonyl (C=O) groups excluding carboxylic acids is 3. The molecule has 0 saturated heterocycles. The van der Waals surface area contributed by atoms with E-state index in [1.54, 1.807) is 19.1 Å². The quantitative estimate of drug-likeness (QED) is 0.437. The van der Waals surface area contributed by atoms with Crippen LogP contribution in [0.25, 0.3) is 0 Å². The molecule has 1 aliphatic heterocycles. The van der Waals surface area contributed by atoms with Crippen LogP contribution >= 0.6 is 0 Å². The second-order valence-corrected chi connectivity index (χ2v) is 6.84. The molecule has 28 heavy (non-hydrogen) atoms. The van der Waals surface area contributed by atoms with Crippen molar-refractivity contribution in [3.8, 4) is 0 Å². The van der Waals surface area contributed by atoms with E-state index in [1.807, 2.05) is 20.8 Å². The molecule has 2 heterocycles. The van der Waals surface area contributed by atoms with Gasteiger partial charge in [0.25, 0.3) is 5.91 Å². The lowest BCUT2D eigenvalue weighted by Gasteiger charge is -2.29. The maximum atomic E-state index is 12.7. The number of esters is 1. The van der Waals surface area contributed by atoms with Gasteiger partial charge in [-0.2, -0.15) is 0 Å². The molecule has 0 bridgehead atoms. The van der Waals surface area contributed by atoms with Gasteiger partial charge in [0.1, 0.15) is 18.3 Å². The highest BCUT2D eigenvalue weighted by Gasteiger charge is 2.36. The Hall–Kier alpha value is -2.81. The number of amides is 3. The predicted molar refractivity (Wildman–Crippen MR) is 101 cm³/mol. The number of urea groups is 1. The lowest BCUT2D eigenvalue weighted by Crippen LogP contribution is -3.13. The van der Waals surface area contributed by atoms with Gasteiger partial charge < -0.3 is 30.0 Å². The monoisotopic (exact) mass is 393 g/mol. The molecule has 9 nitrogen and oxygen atoms in total. The van der Waals surface area contributed by atoms with Crippen LogP contribution in [0.1, 0.15) is 39.5 Å². The van der Waals surface area contributed by atoms with Gasteiger partial charge in [-0.25, -0.2) is 9.59 Å². The molecule has 0 aromatic carbocycles. The number of likely N-dealkylation sites (N-methyl/N-ethyl adjacent to an activating group) is 1. The van der Waals surface area contributed by atoms with Gasteiger partial charge in [0.2, 0.25) is 0 Å². The number of ether oxygens (including phenoxy) is 1. The molecule has 1 aromatic rings. The summed E-state index contributed by atoms with van der Waals surface area (Å²) >= 11 is 0. The Morgan fingerprint density at radius 2 is 2.11 bits per heavy atom. The molecule has 2 atom stereocenters. The summed E-state index contributed by atoms with van der Waals surface area (Å²) in [6, 6.07) is 2.23. The normalized spacial score (nSPS) is 17.8. The van der Waals surface area contributed by atoms with E-state index in [-0.39, 0.29) is 30.7 Å². The molecule has 0 saturated carbocycles. The molecule has 2 rings (SSSR count). The van der Waals surface area contributed by atoms with Crippen molar-refractivity contribution in [2.75, 3.05) is 26.2 Å². The lowest BCUT2D eigenvalue weighted by atomic mass is 10.00. The highest BCUT2D eigenvalue weighted by Crippen LogP contribution is 2.27. The minimum Gasteiger partial charge on any atom is -0.467 e. The fourth-order valence-electron chi connectivity index (χ4n) is 3.04. The Morgan fingerprint density at radius 3 is 2.68 bits per heavy atom. The first-order valence-electron chi connectivity index (χ1n) is 9.49. The fraction of sp³-hybridized carbons (Fsp3) is 0.526. The van der Waals surface area contributed by atoms with Gasteiger partial charge in [-0.1, -0.05) is 0 Å². The number of carbonyl (C=O) groups is 3. The number of nitrogens with one attached hydrogen (secondary N) is 4. The van der Waals surface area contributed by atoms with Gasteiger partial charge in [0.15, 0.2) is 6.54 Å². The van der Waals surface area contributed by atoms with Crippen LogP contribution in [0.2, 0.25) is 0 Å². The molecule has 0 aliphatic carbocycles. The summed E-state index contributed by atoms with van der Waals surface area (Å²) in [5.74, 6) is -0.188. The van der Waals surface area contributed by atoms with Crippen LogP contribution in [0.4, 0.5) is 4.79 Å². The van der Waals surface area contributed by atoms with E-state index < -0.39 is 18.0 Å². The third-order valence-corrected chi connectivity index (χ3v) is 4.26. The lowest BCUT2D eigenvalue weighted by molar-refractivity contribution is -0.885. The van der Waals surface area contributed by atoms with Crippen LogP contribution < -0.4 is 20.9 Å². The Labute approximate surface area is 164 Å². The summed E-state index contributed by atoms with van der Waals surface area (Å²) < 4.78 is 10.6. The Kier molecular flexibility index (Phi) is 7.62. The number of rotatable bonds is 9. The third-order valence-electron chi connectivity index (χ3n) is 4.26. The second kappa shape index (κ2) is 9.93. The van der Waals surface area contributed by atoms with E-state index in [4.69, 9.17) is 9.15 Å². The Bertz CT molecular complexity index is 727. The minimum atomic E-state index is -0.750. The number of quaternary nitrogens is 1. The van der Waals surface area contributed by atoms with Crippen molar-refractivity contribution in [3.63, 3.8) is 0 Å². The summed E-state index contributed by atoms with van der Waals surface area (Å²) in [5, 5.41) is 8.27. The Morgan fingerprint density at radius 1 is 1.36 bits per heavy atom. The molecule has 1 unspecified atom stereocenters. The van der Waals surface area contributed by atoms with Crippen LogP contribution in [-0.4, -0.2) is 50.2 Å². The Balaban J connectivity index is 2.33. The topological polar surface area (TPSA) is 114 Å². The average molecular weight is 393 g/mol. The van der Waals surface area contributed by atoms with Gasteiger partial charge in [-0.15, -0.1) is 0 Å². The van der Waals surface area contributed by atoms with E-state index in [1.165, 1.54) is 6.26 Å². The van der Waals surface area contributed by atoms with Gasteiger partial charge in [-0.05, 0) is 39.8 Å². The first-order chi connectivity index (χ1) is 13.3. The molecule has 9 heteroatoms. The zero-order valence-corrected chi connectivity index (χ0v) is 16.8. The summed E-state index contributed by atoms with van der Waals surface area (Å²) in [6.45, 7) is 8.81. The molecule has 154 valence electrons. The van der Waals surface area contributed by atoms with Crippen LogP contribution in [0.5, 0.6) is 0 Å². The molecular formula is C19H29N4O5+. The number of furan rings is 1. The van der Waals surface area contributed by atoms with Crippen molar-refractivity contribution in [1.82, 2.24) is 16.0 Å². The van der Waals surface area contributed by atoms with Crippen molar-refractivity contribution in [2.24, 2.45) is 0 Å². The summed E-state index contributed by atoms with van der Waals surface area (Å²) in [7, 11) is 0. The van der Waals surface area contributed by atoms with Crippen molar-refractivity contribution in [2.45, 2.75) is 39.8 Å². The predicted octanol–water partition coefficient (Wildman–Crippen LogP) is -0.120. The van der Waals surface area contributed by atoms with Crippen LogP contribution in [-0.2, 0) is 14.3 Å². The van der Waals surface area contributed by atoms with Crippen molar-refractivity contribution in [1.29, 1.82) is 0 Å². The third kappa shape index (κ3) is 5.59. The SMILES string of the molecule is CCOC(=O)C1=C(C[NH+](CC)CC(=O)NC(C)C)NC(=O)N[C@H]1c1ccco1. The maximum absolute atomic E-state index is 12.7. The summed E-state index contributed by atoms with van der Waals surface area (Å²) in [5.41, 5.74) is 0.712. The zero-order chi connectivity index (χ0) is 20.7. The molecule has 0 fully saturated rings. The first-order valence-corrected chi connectivity index (χ1v) is 9.49. The van der Waals surface area contributed by atoms with E-state index in [0.29, 0.717) is 24.5 Å². The van der Waals surface area contributed by atoms with Crippen molar-refractivity contribution >= 4 is 17.9 Å². The molecule has 4 N–H and O–H groups in total. The standard InChI is InChI=1S/C19H28N4O5/c1-5-23(11-15(24)20-12(3)4)10-13-16(18(25)27-6-2)17(22-19(26)21-13)14-8-7-9-28-14/h7-9,12,17H,5-6,10-11H2,1-4H3,(H,20,24)(H2,21,22,26)/p+1/t17-/m0/s1. The van der Waals surface area contributed by atoms with Gasteiger partial charge in [0, 0.05) is 6.04 Å². The first kappa shape index (κ1) is 21.5. The van der Waals surface area contributed by atoms with Crippen LogP contribution in [0.3, 0.4) is 0 Å². The van der Waals surface area contributed by atoms with Crippen LogP contribution in [0.15, 0.2) is 34.1 Å². The summed E-state index contributed by atoms with van der Waals surface area (Å²) in [6.07, 6.45) is 1.48. The second-order valence-electron chi connectivity index (χ2n) is 6.84. The molecule has 0 spiro atoms. The molecular weight excluding hydrogens is 364 g/mol. The van der Waals surface area contributed by atoms with Gasteiger partial charge in [-0.3, -0.25) is 4.79 Å². The molecule has 3 amide bonds. The van der Waals surface area contributed by atoms with E-state index >= 15 is 0 Å². The molecule has 1 aliphatic rings. The molecule has 0 radical (unpaired) electrons. The van der Waals surface area contributed by atoms with Crippen LogP contribution in [0, 0.1) is 0 Å². The summed E-state index contributed by atoms with van der Waals surface area (Å²) in [4.78, 5) is 37.9. The smallest absolute Gasteiger partial charge is 0.338 e.